The first-order valence-electron chi connectivity index (χ1n) is 8.69. The van der Waals surface area contributed by atoms with E-state index in [-0.39, 0.29) is 18.9 Å². The normalized spacial score (nSPS) is 16.7. The number of carboxylic acid groups (broad SMARTS) is 1. The fraction of sp³-hybridized carbons (Fsp3) is 0.250. The van der Waals surface area contributed by atoms with Gasteiger partial charge in [-0.2, -0.15) is 0 Å². The van der Waals surface area contributed by atoms with E-state index in [1.807, 2.05) is 0 Å². The molecule has 8 heteroatoms. The number of para-hydroxylation sites is 2. The summed E-state index contributed by atoms with van der Waals surface area (Å²) in [6, 6.07) is 11.2. The van der Waals surface area contributed by atoms with Gasteiger partial charge in [-0.3, -0.25) is 19.3 Å². The molecule has 146 valence electrons. The number of aliphatic carboxylic acids is 1. The van der Waals surface area contributed by atoms with Crippen molar-refractivity contribution in [3.63, 3.8) is 0 Å². The Balaban J connectivity index is 1.78. The first-order chi connectivity index (χ1) is 13.3. The Kier molecular flexibility index (Phi) is 5.58. The fourth-order valence-corrected chi connectivity index (χ4v) is 3.03. The van der Waals surface area contributed by atoms with Crippen LogP contribution in [0.3, 0.4) is 0 Å². The van der Waals surface area contributed by atoms with Gasteiger partial charge in [-0.15, -0.1) is 0 Å². The van der Waals surface area contributed by atoms with Gasteiger partial charge < -0.3 is 15.2 Å². The Bertz CT molecular complexity index is 900. The molecule has 1 aliphatic heterocycles. The van der Waals surface area contributed by atoms with Crippen molar-refractivity contribution in [3.8, 4) is 5.75 Å². The van der Waals surface area contributed by atoms with Crippen LogP contribution in [0.15, 0.2) is 48.5 Å². The van der Waals surface area contributed by atoms with Crippen LogP contribution < -0.4 is 15.0 Å². The van der Waals surface area contributed by atoms with Crippen LogP contribution in [0.2, 0.25) is 0 Å². The molecule has 0 aromatic heterocycles. The van der Waals surface area contributed by atoms with Crippen molar-refractivity contribution in [2.75, 3.05) is 11.4 Å². The second-order valence-corrected chi connectivity index (χ2v) is 6.42. The summed E-state index contributed by atoms with van der Waals surface area (Å²) in [7, 11) is 0. The van der Waals surface area contributed by atoms with Gasteiger partial charge in [-0.1, -0.05) is 24.3 Å². The van der Waals surface area contributed by atoms with Crippen LogP contribution in [-0.4, -0.2) is 35.5 Å². The first kappa shape index (κ1) is 19.3. The maximum atomic E-state index is 13.1. The van der Waals surface area contributed by atoms with Crippen molar-refractivity contribution in [2.24, 2.45) is 0 Å². The molecular formula is C20H19FN2O5. The molecule has 0 saturated heterocycles. The number of hydrogen-bond donors (Lipinski definition) is 2. The lowest BCUT2D eigenvalue weighted by Crippen LogP contribution is -2.49. The molecule has 1 heterocycles. The Labute approximate surface area is 160 Å². The van der Waals surface area contributed by atoms with Crippen LogP contribution in [0.5, 0.6) is 5.75 Å². The molecule has 0 saturated carbocycles. The second kappa shape index (κ2) is 8.08. The lowest BCUT2D eigenvalue weighted by atomic mass is 10.0. The summed E-state index contributed by atoms with van der Waals surface area (Å²) >= 11 is 0. The third-order valence-corrected chi connectivity index (χ3v) is 4.36. The molecule has 0 unspecified atom stereocenters. The summed E-state index contributed by atoms with van der Waals surface area (Å²) < 4.78 is 18.7. The third-order valence-electron chi connectivity index (χ3n) is 4.36. The number of fused-ring (bicyclic) bond motifs is 1. The molecule has 0 radical (unpaired) electrons. The summed E-state index contributed by atoms with van der Waals surface area (Å²) in [6.45, 7) is 1.30. The molecule has 2 amide bonds. The standard InChI is InChI=1S/C20H19FN2O5/c1-12-20(27)23(16-4-2-3-5-17(16)28-12)11-18(24)22-15(10-19(25)26)13-6-8-14(21)9-7-13/h2-9,12,15H,10-11H2,1H3,(H,22,24)(H,25,26)/t12-,15-/m0/s1. The molecule has 0 aliphatic carbocycles. The molecule has 28 heavy (non-hydrogen) atoms. The highest BCUT2D eigenvalue weighted by Crippen LogP contribution is 2.33. The molecule has 1 aliphatic rings. The van der Waals surface area contributed by atoms with E-state index in [0.29, 0.717) is 17.0 Å². The van der Waals surface area contributed by atoms with Gasteiger partial charge in [0.05, 0.1) is 18.2 Å². The lowest BCUT2D eigenvalue weighted by Gasteiger charge is -2.32. The number of hydrogen-bond acceptors (Lipinski definition) is 4. The predicted molar refractivity (Wildman–Crippen MR) is 98.4 cm³/mol. The van der Waals surface area contributed by atoms with E-state index in [9.17, 15) is 18.8 Å². The van der Waals surface area contributed by atoms with Crippen molar-refractivity contribution in [2.45, 2.75) is 25.5 Å². The smallest absolute Gasteiger partial charge is 0.305 e. The number of rotatable bonds is 6. The SMILES string of the molecule is C[C@@H]1Oc2ccccc2N(CC(=O)N[C@@H](CC(=O)O)c2ccc(F)cc2)C1=O. The number of halogens is 1. The van der Waals surface area contributed by atoms with Crippen molar-refractivity contribution in [3.05, 3.63) is 59.9 Å². The number of amides is 2. The van der Waals surface area contributed by atoms with Gasteiger partial charge in [-0.05, 0) is 36.8 Å². The average molecular weight is 386 g/mol. The number of ether oxygens (including phenoxy) is 1. The van der Waals surface area contributed by atoms with Crippen LogP contribution in [0.25, 0.3) is 0 Å². The maximum absolute atomic E-state index is 13.1. The number of carboxylic acids is 1. The van der Waals surface area contributed by atoms with Gasteiger partial charge >= 0.3 is 5.97 Å². The molecular weight excluding hydrogens is 367 g/mol. The van der Waals surface area contributed by atoms with E-state index in [1.165, 1.54) is 29.2 Å². The minimum atomic E-state index is -1.11. The van der Waals surface area contributed by atoms with Crippen molar-refractivity contribution in [1.82, 2.24) is 5.32 Å². The molecule has 0 bridgehead atoms. The van der Waals surface area contributed by atoms with Gasteiger partial charge in [0.15, 0.2) is 6.10 Å². The number of nitrogens with zero attached hydrogens (tertiary/aromatic N) is 1. The van der Waals surface area contributed by atoms with Crippen molar-refractivity contribution < 1.29 is 28.6 Å². The van der Waals surface area contributed by atoms with Crippen LogP contribution in [0.1, 0.15) is 24.9 Å². The minimum absolute atomic E-state index is 0.291. The quantitative estimate of drug-likeness (QED) is 0.794. The maximum Gasteiger partial charge on any atom is 0.305 e. The van der Waals surface area contributed by atoms with E-state index < -0.39 is 29.8 Å². The largest absolute Gasteiger partial charge is 0.481 e. The van der Waals surface area contributed by atoms with E-state index in [4.69, 9.17) is 9.84 Å². The zero-order valence-electron chi connectivity index (χ0n) is 15.1. The molecule has 3 rings (SSSR count). The Morgan fingerprint density at radius 1 is 1.21 bits per heavy atom. The van der Waals surface area contributed by atoms with Crippen LogP contribution in [0, 0.1) is 5.82 Å². The number of carbonyl (C=O) groups is 3. The number of carbonyl (C=O) groups excluding carboxylic acids is 2. The van der Waals surface area contributed by atoms with Gasteiger partial charge in [0.2, 0.25) is 5.91 Å². The highest BCUT2D eigenvalue weighted by atomic mass is 19.1. The monoisotopic (exact) mass is 386 g/mol. The lowest BCUT2D eigenvalue weighted by molar-refractivity contribution is -0.138. The van der Waals surface area contributed by atoms with E-state index in [0.717, 1.165) is 0 Å². The van der Waals surface area contributed by atoms with E-state index in [1.54, 1.807) is 31.2 Å². The molecule has 2 atom stereocenters. The molecule has 0 spiro atoms. The second-order valence-electron chi connectivity index (χ2n) is 6.42. The zero-order valence-corrected chi connectivity index (χ0v) is 15.1. The van der Waals surface area contributed by atoms with Gasteiger partial charge in [0.1, 0.15) is 18.1 Å². The fourth-order valence-electron chi connectivity index (χ4n) is 3.03. The summed E-state index contributed by atoms with van der Waals surface area (Å²) in [4.78, 5) is 37.6. The van der Waals surface area contributed by atoms with Crippen molar-refractivity contribution in [1.29, 1.82) is 0 Å². The third kappa shape index (κ3) is 4.28. The molecule has 2 aromatic carbocycles. The Morgan fingerprint density at radius 2 is 1.89 bits per heavy atom. The topological polar surface area (TPSA) is 95.9 Å². The molecule has 2 N–H and O–H groups in total. The molecule has 2 aromatic rings. The average Bonchev–Trinajstić information content (AvgIpc) is 2.65. The highest BCUT2D eigenvalue weighted by Gasteiger charge is 2.33. The van der Waals surface area contributed by atoms with Crippen LogP contribution in [0.4, 0.5) is 10.1 Å². The van der Waals surface area contributed by atoms with Crippen molar-refractivity contribution >= 4 is 23.5 Å². The van der Waals surface area contributed by atoms with E-state index >= 15 is 0 Å². The first-order valence-corrected chi connectivity index (χ1v) is 8.69. The summed E-state index contributed by atoms with van der Waals surface area (Å²) in [5.74, 6) is -1.99. The predicted octanol–water partition coefficient (Wildman–Crippen LogP) is 2.27. The summed E-state index contributed by atoms with van der Waals surface area (Å²) in [6.07, 6.45) is -1.11. The Morgan fingerprint density at radius 3 is 2.57 bits per heavy atom. The summed E-state index contributed by atoms with van der Waals surface area (Å²) in [5, 5.41) is 11.8. The zero-order chi connectivity index (χ0) is 20.3. The number of benzene rings is 2. The number of anilines is 1. The van der Waals surface area contributed by atoms with Gasteiger partial charge in [-0.25, -0.2) is 4.39 Å². The number of nitrogens with one attached hydrogen (secondary N) is 1. The minimum Gasteiger partial charge on any atom is -0.481 e. The van der Waals surface area contributed by atoms with Crippen LogP contribution >= 0.6 is 0 Å². The summed E-state index contributed by atoms with van der Waals surface area (Å²) in [5.41, 5.74) is 0.927. The van der Waals surface area contributed by atoms with Gasteiger partial charge in [0.25, 0.3) is 5.91 Å². The highest BCUT2D eigenvalue weighted by molar-refractivity contribution is 6.03. The Hall–Kier alpha value is -3.42. The molecule has 7 nitrogen and oxygen atoms in total. The van der Waals surface area contributed by atoms with Gasteiger partial charge in [0, 0.05) is 0 Å². The molecule has 0 fully saturated rings. The van der Waals surface area contributed by atoms with E-state index in [2.05, 4.69) is 5.32 Å². The van der Waals surface area contributed by atoms with Crippen LogP contribution in [-0.2, 0) is 14.4 Å².